The third-order valence-electron chi connectivity index (χ3n) is 3.25. The highest BCUT2D eigenvalue weighted by molar-refractivity contribution is 5.40. The van der Waals surface area contributed by atoms with E-state index < -0.39 is 0 Å². The van der Waals surface area contributed by atoms with Gasteiger partial charge >= 0.3 is 0 Å². The maximum atomic E-state index is 2.32. The van der Waals surface area contributed by atoms with E-state index in [4.69, 9.17) is 0 Å². The molecule has 0 bridgehead atoms. The van der Waals surface area contributed by atoms with Crippen molar-refractivity contribution >= 4 is 0 Å². The van der Waals surface area contributed by atoms with E-state index in [0.717, 1.165) is 6.42 Å². The number of rotatable bonds is 4. The van der Waals surface area contributed by atoms with Gasteiger partial charge in [0, 0.05) is 5.92 Å². The highest BCUT2D eigenvalue weighted by Gasteiger charge is 2.14. The van der Waals surface area contributed by atoms with E-state index in [9.17, 15) is 0 Å². The van der Waals surface area contributed by atoms with Crippen molar-refractivity contribution in [1.29, 1.82) is 0 Å². The minimum atomic E-state index is 0.382. The first-order chi connectivity index (χ1) is 8.83. The van der Waals surface area contributed by atoms with Gasteiger partial charge in [-0.1, -0.05) is 79.2 Å². The van der Waals surface area contributed by atoms with Crippen LogP contribution >= 0.6 is 0 Å². The van der Waals surface area contributed by atoms with Crippen molar-refractivity contribution < 1.29 is 0 Å². The SMILES string of the molecule is CCC=C(C)C(c1ccccc1)c1ccccc1. The summed E-state index contributed by atoms with van der Waals surface area (Å²) in [6, 6.07) is 21.5. The van der Waals surface area contributed by atoms with Gasteiger partial charge in [0.25, 0.3) is 0 Å². The predicted molar refractivity (Wildman–Crippen MR) is 78.8 cm³/mol. The molecule has 0 nitrogen and oxygen atoms in total. The van der Waals surface area contributed by atoms with Crippen LogP contribution in [0.5, 0.6) is 0 Å². The smallest absolute Gasteiger partial charge is 0.0296 e. The van der Waals surface area contributed by atoms with Gasteiger partial charge in [-0.2, -0.15) is 0 Å². The van der Waals surface area contributed by atoms with E-state index in [2.05, 4.69) is 80.6 Å². The van der Waals surface area contributed by atoms with Gasteiger partial charge in [0.1, 0.15) is 0 Å². The summed E-state index contributed by atoms with van der Waals surface area (Å²) in [5, 5.41) is 0. The first-order valence-corrected chi connectivity index (χ1v) is 6.59. The highest BCUT2D eigenvalue weighted by atomic mass is 14.2. The minimum Gasteiger partial charge on any atom is -0.0849 e. The van der Waals surface area contributed by atoms with Crippen molar-refractivity contribution in [2.45, 2.75) is 26.2 Å². The molecule has 0 radical (unpaired) electrons. The molecule has 2 rings (SSSR count). The third-order valence-corrected chi connectivity index (χ3v) is 3.25. The molecule has 0 aromatic heterocycles. The Morgan fingerprint density at radius 2 is 1.33 bits per heavy atom. The fourth-order valence-corrected chi connectivity index (χ4v) is 2.45. The summed E-state index contributed by atoms with van der Waals surface area (Å²) < 4.78 is 0. The lowest BCUT2D eigenvalue weighted by Gasteiger charge is -2.19. The van der Waals surface area contributed by atoms with Crippen molar-refractivity contribution in [1.82, 2.24) is 0 Å². The van der Waals surface area contributed by atoms with E-state index in [1.54, 1.807) is 0 Å². The van der Waals surface area contributed by atoms with Gasteiger partial charge in [-0.05, 0) is 24.5 Å². The molecule has 0 aliphatic heterocycles. The second kappa shape index (κ2) is 6.20. The summed E-state index contributed by atoms with van der Waals surface area (Å²) in [6.45, 7) is 4.42. The van der Waals surface area contributed by atoms with Gasteiger partial charge in [-0.15, -0.1) is 0 Å². The second-order valence-corrected chi connectivity index (χ2v) is 4.61. The van der Waals surface area contributed by atoms with Crippen LogP contribution in [0.15, 0.2) is 72.3 Å². The van der Waals surface area contributed by atoms with Crippen LogP contribution in [-0.2, 0) is 0 Å². The molecule has 92 valence electrons. The molecule has 0 fully saturated rings. The average Bonchev–Trinajstić information content (AvgIpc) is 2.42. The van der Waals surface area contributed by atoms with Crippen LogP contribution in [-0.4, -0.2) is 0 Å². The maximum absolute atomic E-state index is 2.32. The van der Waals surface area contributed by atoms with Gasteiger partial charge in [0.2, 0.25) is 0 Å². The van der Waals surface area contributed by atoms with E-state index >= 15 is 0 Å². The first kappa shape index (κ1) is 12.6. The van der Waals surface area contributed by atoms with Crippen LogP contribution in [0.2, 0.25) is 0 Å². The minimum absolute atomic E-state index is 0.382. The molecule has 0 atom stereocenters. The van der Waals surface area contributed by atoms with Gasteiger partial charge in [-0.25, -0.2) is 0 Å². The van der Waals surface area contributed by atoms with Crippen molar-refractivity contribution in [3.05, 3.63) is 83.4 Å². The Hall–Kier alpha value is -1.82. The molecule has 0 heteroatoms. The molecule has 18 heavy (non-hydrogen) atoms. The molecule has 0 aliphatic carbocycles. The maximum Gasteiger partial charge on any atom is 0.0296 e. The van der Waals surface area contributed by atoms with Crippen LogP contribution in [0.3, 0.4) is 0 Å². The van der Waals surface area contributed by atoms with E-state index in [1.165, 1.54) is 16.7 Å². The van der Waals surface area contributed by atoms with Crippen LogP contribution in [0.4, 0.5) is 0 Å². The first-order valence-electron chi connectivity index (χ1n) is 6.59. The second-order valence-electron chi connectivity index (χ2n) is 4.61. The third kappa shape index (κ3) is 2.89. The lowest BCUT2D eigenvalue weighted by atomic mass is 9.85. The summed E-state index contributed by atoms with van der Waals surface area (Å²) in [5.74, 6) is 0.382. The zero-order valence-electron chi connectivity index (χ0n) is 11.1. The normalized spacial score (nSPS) is 11.8. The van der Waals surface area contributed by atoms with Crippen molar-refractivity contribution in [2.75, 3.05) is 0 Å². The van der Waals surface area contributed by atoms with Crippen LogP contribution in [0.25, 0.3) is 0 Å². The molecule has 0 aliphatic rings. The van der Waals surface area contributed by atoms with Crippen molar-refractivity contribution in [2.24, 2.45) is 0 Å². The molecule has 0 unspecified atom stereocenters. The van der Waals surface area contributed by atoms with Crippen LogP contribution in [0, 0.1) is 0 Å². The Kier molecular flexibility index (Phi) is 4.35. The summed E-state index contributed by atoms with van der Waals surface area (Å²) in [4.78, 5) is 0. The summed E-state index contributed by atoms with van der Waals surface area (Å²) in [6.07, 6.45) is 3.41. The zero-order valence-corrected chi connectivity index (χ0v) is 11.1. The standard InChI is InChI=1S/C18H20/c1-3-10-15(2)18(16-11-6-4-7-12-16)17-13-8-5-9-14-17/h4-14,18H,3H2,1-2H3. The Morgan fingerprint density at radius 1 is 0.889 bits per heavy atom. The quantitative estimate of drug-likeness (QED) is 0.642. The van der Waals surface area contributed by atoms with Crippen molar-refractivity contribution in [3.63, 3.8) is 0 Å². The molecule has 0 N–H and O–H groups in total. The monoisotopic (exact) mass is 236 g/mol. The Labute approximate surface area is 110 Å². The molecular weight excluding hydrogens is 216 g/mol. The number of allylic oxidation sites excluding steroid dienone is 2. The largest absolute Gasteiger partial charge is 0.0849 e. The van der Waals surface area contributed by atoms with E-state index in [0.29, 0.717) is 5.92 Å². The Bertz CT molecular complexity index is 455. The fraction of sp³-hybridized carbons (Fsp3) is 0.222. The van der Waals surface area contributed by atoms with Gasteiger partial charge in [0.15, 0.2) is 0 Å². The van der Waals surface area contributed by atoms with Gasteiger partial charge in [0.05, 0.1) is 0 Å². The Morgan fingerprint density at radius 3 is 1.72 bits per heavy atom. The van der Waals surface area contributed by atoms with Crippen LogP contribution in [0.1, 0.15) is 37.3 Å². The summed E-state index contributed by atoms with van der Waals surface area (Å²) in [5.41, 5.74) is 4.16. The molecule has 0 amide bonds. The molecule has 0 saturated heterocycles. The van der Waals surface area contributed by atoms with E-state index in [1.807, 2.05) is 0 Å². The Balaban J connectivity index is 2.45. The van der Waals surface area contributed by atoms with Crippen molar-refractivity contribution in [3.8, 4) is 0 Å². The molecule has 2 aromatic rings. The zero-order chi connectivity index (χ0) is 12.8. The van der Waals surface area contributed by atoms with Gasteiger partial charge in [-0.3, -0.25) is 0 Å². The molecule has 0 heterocycles. The molecular formula is C18H20. The number of hydrogen-bond donors (Lipinski definition) is 0. The summed E-state index contributed by atoms with van der Waals surface area (Å²) >= 11 is 0. The van der Waals surface area contributed by atoms with Gasteiger partial charge < -0.3 is 0 Å². The molecule has 0 spiro atoms. The summed E-state index contributed by atoms with van der Waals surface area (Å²) in [7, 11) is 0. The lowest BCUT2D eigenvalue weighted by Crippen LogP contribution is -2.02. The number of benzene rings is 2. The lowest BCUT2D eigenvalue weighted by molar-refractivity contribution is 0.931. The van der Waals surface area contributed by atoms with E-state index in [-0.39, 0.29) is 0 Å². The van der Waals surface area contributed by atoms with Crippen LogP contribution < -0.4 is 0 Å². The molecule has 2 aromatic carbocycles. The number of hydrogen-bond acceptors (Lipinski definition) is 0. The molecule has 0 saturated carbocycles. The fourth-order valence-electron chi connectivity index (χ4n) is 2.45. The topological polar surface area (TPSA) is 0 Å². The average molecular weight is 236 g/mol. The highest BCUT2D eigenvalue weighted by Crippen LogP contribution is 2.31. The predicted octanol–water partition coefficient (Wildman–Crippen LogP) is 5.17.